The molecular formula is C12H17N3S. The van der Waals surface area contributed by atoms with Crippen LogP contribution in [0.4, 0.5) is 0 Å². The van der Waals surface area contributed by atoms with Crippen LogP contribution >= 0.6 is 11.3 Å². The van der Waals surface area contributed by atoms with Crippen LogP contribution in [0.15, 0.2) is 23.8 Å². The van der Waals surface area contributed by atoms with E-state index in [9.17, 15) is 0 Å². The van der Waals surface area contributed by atoms with Crippen molar-refractivity contribution in [1.29, 1.82) is 0 Å². The van der Waals surface area contributed by atoms with Crippen molar-refractivity contribution < 1.29 is 0 Å². The van der Waals surface area contributed by atoms with E-state index < -0.39 is 0 Å². The minimum absolute atomic E-state index is 0.884. The number of nitrogens with one attached hydrogen (secondary N) is 1. The molecule has 1 N–H and O–H groups in total. The van der Waals surface area contributed by atoms with Crippen LogP contribution in [0.5, 0.6) is 0 Å². The van der Waals surface area contributed by atoms with Gasteiger partial charge in [-0.3, -0.25) is 4.68 Å². The van der Waals surface area contributed by atoms with Gasteiger partial charge in [-0.1, -0.05) is 6.92 Å². The maximum Gasteiger partial charge on any atom is 0.0534 e. The molecule has 2 heterocycles. The SMILES string of the molecule is CCc1ccsc1CNCc1cnn(C)c1. The molecule has 0 aliphatic rings. The van der Waals surface area contributed by atoms with Crippen LogP contribution in [0.1, 0.15) is 22.9 Å². The van der Waals surface area contributed by atoms with Crippen LogP contribution in [-0.4, -0.2) is 9.78 Å². The van der Waals surface area contributed by atoms with Gasteiger partial charge in [0.2, 0.25) is 0 Å². The standard InChI is InChI=1S/C12H17N3S/c1-3-11-4-5-16-12(11)8-13-6-10-7-14-15(2)9-10/h4-5,7,9,13H,3,6,8H2,1-2H3. The van der Waals surface area contributed by atoms with Gasteiger partial charge >= 0.3 is 0 Å². The molecule has 0 atom stereocenters. The number of thiophene rings is 1. The quantitative estimate of drug-likeness (QED) is 0.862. The molecule has 0 amide bonds. The summed E-state index contributed by atoms with van der Waals surface area (Å²) in [7, 11) is 1.94. The average Bonchev–Trinajstić information content (AvgIpc) is 2.87. The smallest absolute Gasteiger partial charge is 0.0534 e. The zero-order chi connectivity index (χ0) is 11.4. The van der Waals surface area contributed by atoms with E-state index in [0.29, 0.717) is 0 Å². The van der Waals surface area contributed by atoms with Gasteiger partial charge in [-0.2, -0.15) is 5.10 Å². The number of rotatable bonds is 5. The number of aromatic nitrogens is 2. The Balaban J connectivity index is 1.84. The highest BCUT2D eigenvalue weighted by Crippen LogP contribution is 2.16. The average molecular weight is 235 g/mol. The Labute approximate surface area is 100 Å². The normalized spacial score (nSPS) is 10.9. The number of nitrogens with zero attached hydrogens (tertiary/aromatic N) is 2. The van der Waals surface area contributed by atoms with Gasteiger partial charge in [0, 0.05) is 36.8 Å². The largest absolute Gasteiger partial charge is 0.308 e. The van der Waals surface area contributed by atoms with Crippen molar-refractivity contribution in [3.8, 4) is 0 Å². The van der Waals surface area contributed by atoms with Gasteiger partial charge < -0.3 is 5.32 Å². The Morgan fingerprint density at radius 3 is 3.00 bits per heavy atom. The lowest BCUT2D eigenvalue weighted by Crippen LogP contribution is -2.12. The van der Waals surface area contributed by atoms with E-state index in [2.05, 4.69) is 28.8 Å². The number of hydrogen-bond donors (Lipinski definition) is 1. The molecule has 2 aromatic heterocycles. The Kier molecular flexibility index (Phi) is 3.74. The van der Waals surface area contributed by atoms with Gasteiger partial charge in [-0.15, -0.1) is 11.3 Å². The summed E-state index contributed by atoms with van der Waals surface area (Å²) in [6.45, 7) is 4.04. The van der Waals surface area contributed by atoms with Gasteiger partial charge in [-0.05, 0) is 23.4 Å². The zero-order valence-electron chi connectivity index (χ0n) is 9.73. The van der Waals surface area contributed by atoms with Crippen molar-refractivity contribution in [3.05, 3.63) is 39.8 Å². The predicted octanol–water partition coefficient (Wildman–Crippen LogP) is 2.33. The van der Waals surface area contributed by atoms with Crippen LogP contribution in [0.25, 0.3) is 0 Å². The van der Waals surface area contributed by atoms with Crippen molar-refractivity contribution in [1.82, 2.24) is 15.1 Å². The molecule has 0 aliphatic carbocycles. The summed E-state index contributed by atoms with van der Waals surface area (Å²) in [6.07, 6.45) is 5.07. The molecule has 0 bridgehead atoms. The maximum absolute atomic E-state index is 4.15. The van der Waals surface area contributed by atoms with Crippen LogP contribution in [0, 0.1) is 0 Å². The molecule has 0 fully saturated rings. The fourth-order valence-corrected chi connectivity index (χ4v) is 2.67. The third kappa shape index (κ3) is 2.71. The minimum atomic E-state index is 0.884. The number of hydrogen-bond acceptors (Lipinski definition) is 3. The summed E-state index contributed by atoms with van der Waals surface area (Å²) in [5.74, 6) is 0. The highest BCUT2D eigenvalue weighted by molar-refractivity contribution is 7.10. The molecule has 0 aromatic carbocycles. The second-order valence-corrected chi connectivity index (χ2v) is 4.85. The summed E-state index contributed by atoms with van der Waals surface area (Å²) < 4.78 is 1.83. The molecule has 3 nitrogen and oxygen atoms in total. The molecule has 0 radical (unpaired) electrons. The summed E-state index contributed by atoms with van der Waals surface area (Å²) in [4.78, 5) is 1.45. The first-order valence-corrected chi connectivity index (χ1v) is 6.41. The van der Waals surface area contributed by atoms with Gasteiger partial charge in [-0.25, -0.2) is 0 Å². The second-order valence-electron chi connectivity index (χ2n) is 3.85. The highest BCUT2D eigenvalue weighted by atomic mass is 32.1. The molecule has 0 saturated heterocycles. The van der Waals surface area contributed by atoms with Crippen LogP contribution in [-0.2, 0) is 26.6 Å². The van der Waals surface area contributed by atoms with Crippen LogP contribution < -0.4 is 5.32 Å². The molecule has 2 aromatic rings. The van der Waals surface area contributed by atoms with E-state index in [1.165, 1.54) is 16.0 Å². The molecule has 0 aliphatic heterocycles. The summed E-state index contributed by atoms with van der Waals surface area (Å²) in [6, 6.07) is 2.21. The molecule has 4 heteroatoms. The first-order valence-electron chi connectivity index (χ1n) is 5.53. The van der Waals surface area contributed by atoms with Gasteiger partial charge in [0.1, 0.15) is 0 Å². The lowest BCUT2D eigenvalue weighted by molar-refractivity contribution is 0.695. The lowest BCUT2D eigenvalue weighted by Gasteiger charge is -2.03. The van der Waals surface area contributed by atoms with Gasteiger partial charge in [0.25, 0.3) is 0 Å². The predicted molar refractivity (Wildman–Crippen MR) is 67.4 cm³/mol. The van der Waals surface area contributed by atoms with E-state index in [1.807, 2.05) is 35.5 Å². The monoisotopic (exact) mass is 235 g/mol. The van der Waals surface area contributed by atoms with Crippen molar-refractivity contribution in [2.45, 2.75) is 26.4 Å². The van der Waals surface area contributed by atoms with Crippen molar-refractivity contribution >= 4 is 11.3 Å². The minimum Gasteiger partial charge on any atom is -0.308 e. The molecule has 16 heavy (non-hydrogen) atoms. The third-order valence-electron chi connectivity index (χ3n) is 2.59. The topological polar surface area (TPSA) is 29.9 Å². The summed E-state index contributed by atoms with van der Waals surface area (Å²) >= 11 is 1.83. The van der Waals surface area contributed by atoms with Gasteiger partial charge in [0.05, 0.1) is 6.20 Å². The maximum atomic E-state index is 4.15. The molecule has 0 saturated carbocycles. The Morgan fingerprint density at radius 2 is 2.31 bits per heavy atom. The van der Waals surface area contributed by atoms with Crippen LogP contribution in [0.2, 0.25) is 0 Å². The Bertz CT molecular complexity index is 445. The Morgan fingerprint density at radius 1 is 1.44 bits per heavy atom. The second kappa shape index (κ2) is 5.27. The van der Waals surface area contributed by atoms with E-state index in [4.69, 9.17) is 0 Å². The third-order valence-corrected chi connectivity index (χ3v) is 3.55. The zero-order valence-corrected chi connectivity index (χ0v) is 10.5. The molecule has 0 spiro atoms. The summed E-state index contributed by atoms with van der Waals surface area (Å²) in [5.41, 5.74) is 2.70. The highest BCUT2D eigenvalue weighted by Gasteiger charge is 2.02. The van der Waals surface area contributed by atoms with Crippen LogP contribution in [0.3, 0.4) is 0 Å². The first kappa shape index (κ1) is 11.4. The Hall–Kier alpha value is -1.13. The summed E-state index contributed by atoms with van der Waals surface area (Å²) in [5, 5.41) is 9.76. The van der Waals surface area contributed by atoms with Gasteiger partial charge in [0.15, 0.2) is 0 Å². The fraction of sp³-hybridized carbons (Fsp3) is 0.417. The van der Waals surface area contributed by atoms with Crippen molar-refractivity contribution in [2.24, 2.45) is 7.05 Å². The van der Waals surface area contributed by atoms with E-state index in [1.54, 1.807) is 0 Å². The first-order chi connectivity index (χ1) is 7.79. The molecule has 86 valence electrons. The van der Waals surface area contributed by atoms with Crippen molar-refractivity contribution in [2.75, 3.05) is 0 Å². The lowest BCUT2D eigenvalue weighted by atomic mass is 10.2. The molecule has 2 rings (SSSR count). The van der Waals surface area contributed by atoms with E-state index >= 15 is 0 Å². The molecule has 0 unspecified atom stereocenters. The number of aryl methyl sites for hydroxylation is 2. The van der Waals surface area contributed by atoms with E-state index in [0.717, 1.165) is 19.5 Å². The van der Waals surface area contributed by atoms with E-state index in [-0.39, 0.29) is 0 Å². The fourth-order valence-electron chi connectivity index (χ4n) is 1.72. The van der Waals surface area contributed by atoms with Crippen molar-refractivity contribution in [3.63, 3.8) is 0 Å². The molecular weight excluding hydrogens is 218 g/mol.